The van der Waals surface area contributed by atoms with Crippen LogP contribution in [0.4, 0.5) is 29.3 Å². The minimum Gasteiger partial charge on any atom is -0.504 e. The van der Waals surface area contributed by atoms with Crippen LogP contribution in [-0.4, -0.2) is 11.1 Å². The lowest BCUT2D eigenvalue weighted by Gasteiger charge is -2.18. The van der Waals surface area contributed by atoms with Crippen LogP contribution in [-0.2, 0) is 6.18 Å². The van der Waals surface area contributed by atoms with E-state index in [1.165, 1.54) is 12.1 Å². The number of nitrogens with one attached hydrogen (secondary N) is 1. The van der Waals surface area contributed by atoms with E-state index >= 15 is 0 Å². The van der Waals surface area contributed by atoms with Crippen molar-refractivity contribution < 1.29 is 23.1 Å². The quantitative estimate of drug-likeness (QED) is 0.578. The van der Waals surface area contributed by atoms with E-state index in [4.69, 9.17) is 23.2 Å². The lowest BCUT2D eigenvalue weighted by atomic mass is 10.2. The Morgan fingerprint density at radius 3 is 2.29 bits per heavy atom. The number of rotatable bonds is 2. The molecular formula is C14H9Cl2F3N2O2S. The summed E-state index contributed by atoms with van der Waals surface area (Å²) in [5, 5.41) is 12.3. The van der Waals surface area contributed by atoms with E-state index in [9.17, 15) is 23.1 Å². The molecule has 2 aromatic rings. The number of halogens is 5. The Hall–Kier alpha value is -1.77. The highest BCUT2D eigenvalue weighted by Gasteiger charge is 2.30. The number of carbonyl (C=O) groups is 1. The number of phenols is 1. The Morgan fingerprint density at radius 2 is 1.75 bits per heavy atom. The van der Waals surface area contributed by atoms with Crippen molar-refractivity contribution in [2.75, 3.05) is 9.62 Å². The number of urea groups is 1. The van der Waals surface area contributed by atoms with Crippen molar-refractivity contribution >= 4 is 53.4 Å². The molecule has 0 bridgehead atoms. The molecule has 2 aromatic carbocycles. The average Bonchev–Trinajstić information content (AvgIpc) is 2.49. The Kier molecular flexibility index (Phi) is 5.42. The van der Waals surface area contributed by atoms with E-state index in [0.717, 1.165) is 28.6 Å². The minimum absolute atomic E-state index is 0.0831. The molecule has 0 heterocycles. The van der Waals surface area contributed by atoms with Crippen LogP contribution in [0.1, 0.15) is 5.56 Å². The Balaban J connectivity index is 2.18. The van der Waals surface area contributed by atoms with Gasteiger partial charge < -0.3 is 10.4 Å². The summed E-state index contributed by atoms with van der Waals surface area (Å²) in [5.41, 5.74) is -0.817. The fraction of sp³-hybridized carbons (Fsp3) is 0.0714. The molecule has 0 aliphatic heterocycles. The third-order valence-electron chi connectivity index (χ3n) is 2.89. The van der Waals surface area contributed by atoms with Gasteiger partial charge in [0.2, 0.25) is 0 Å². The molecule has 24 heavy (non-hydrogen) atoms. The molecule has 0 spiro atoms. The predicted molar refractivity (Wildman–Crippen MR) is 90.1 cm³/mol. The molecule has 2 N–H and O–H groups in total. The number of carbonyl (C=O) groups excluding carboxylic acids is 1. The van der Waals surface area contributed by atoms with Gasteiger partial charge in [-0.2, -0.15) is 13.2 Å². The minimum atomic E-state index is -4.47. The number of benzene rings is 2. The monoisotopic (exact) mass is 396 g/mol. The van der Waals surface area contributed by atoms with E-state index < -0.39 is 23.5 Å². The summed E-state index contributed by atoms with van der Waals surface area (Å²) in [6.07, 6.45) is -4.47. The molecule has 0 saturated carbocycles. The molecule has 0 saturated heterocycles. The number of aromatic hydroxyl groups is 1. The van der Waals surface area contributed by atoms with Gasteiger partial charge in [-0.1, -0.05) is 36.0 Å². The maximum atomic E-state index is 12.5. The van der Waals surface area contributed by atoms with Gasteiger partial charge in [0.25, 0.3) is 0 Å². The lowest BCUT2D eigenvalue weighted by Crippen LogP contribution is -2.26. The molecule has 0 unspecified atom stereocenters. The second kappa shape index (κ2) is 7.00. The molecular weight excluding hydrogens is 388 g/mol. The first-order chi connectivity index (χ1) is 11.1. The lowest BCUT2D eigenvalue weighted by molar-refractivity contribution is -0.137. The van der Waals surface area contributed by atoms with Crippen molar-refractivity contribution in [3.8, 4) is 5.75 Å². The van der Waals surface area contributed by atoms with Gasteiger partial charge in [-0.15, -0.1) is 0 Å². The number of anilines is 2. The van der Waals surface area contributed by atoms with Crippen LogP contribution in [0, 0.1) is 0 Å². The summed E-state index contributed by atoms with van der Waals surface area (Å²) >= 11 is 15.5. The summed E-state index contributed by atoms with van der Waals surface area (Å²) in [6, 6.07) is 5.53. The zero-order valence-corrected chi connectivity index (χ0v) is 14.0. The Bertz CT molecular complexity index is 770. The summed E-state index contributed by atoms with van der Waals surface area (Å²) in [4.78, 5) is 12.1. The normalized spacial score (nSPS) is 11.2. The van der Waals surface area contributed by atoms with Crippen molar-refractivity contribution in [3.05, 3.63) is 52.0 Å². The third kappa shape index (κ3) is 4.19. The molecule has 0 aromatic heterocycles. The first-order valence-corrected chi connectivity index (χ1v) is 7.40. The van der Waals surface area contributed by atoms with Crippen LogP contribution >= 0.6 is 36.0 Å². The maximum Gasteiger partial charge on any atom is 0.416 e. The fourth-order valence-corrected chi connectivity index (χ4v) is 2.43. The maximum absolute atomic E-state index is 12.5. The summed E-state index contributed by atoms with van der Waals surface area (Å²) in [5.74, 6) is -0.418. The van der Waals surface area contributed by atoms with Crippen LogP contribution < -0.4 is 9.62 Å². The zero-order valence-electron chi connectivity index (χ0n) is 11.6. The molecule has 0 aliphatic rings. The summed E-state index contributed by atoms with van der Waals surface area (Å²) < 4.78 is 38.2. The summed E-state index contributed by atoms with van der Waals surface area (Å²) in [6.45, 7) is 0. The number of phenolic OH excluding ortho intramolecular Hbond substituents is 1. The van der Waals surface area contributed by atoms with E-state index in [0.29, 0.717) is 0 Å². The number of nitrogens with zero attached hydrogens (tertiary/aromatic N) is 1. The van der Waals surface area contributed by atoms with Gasteiger partial charge in [0.1, 0.15) is 5.69 Å². The molecule has 10 heteroatoms. The number of thiol groups is 1. The molecule has 128 valence electrons. The Labute approximate surface area is 150 Å². The molecule has 2 amide bonds. The van der Waals surface area contributed by atoms with Gasteiger partial charge in [-0.05, 0) is 36.4 Å². The number of alkyl halides is 3. The first kappa shape index (κ1) is 18.6. The van der Waals surface area contributed by atoms with Crippen molar-refractivity contribution in [1.82, 2.24) is 0 Å². The molecule has 0 atom stereocenters. The van der Waals surface area contributed by atoms with Crippen LogP contribution in [0.5, 0.6) is 5.75 Å². The smallest absolute Gasteiger partial charge is 0.416 e. The second-order valence-electron chi connectivity index (χ2n) is 4.57. The molecule has 2 rings (SSSR count). The van der Waals surface area contributed by atoms with Crippen LogP contribution in [0.3, 0.4) is 0 Å². The summed E-state index contributed by atoms with van der Waals surface area (Å²) in [7, 11) is 0. The largest absolute Gasteiger partial charge is 0.504 e. The molecule has 0 radical (unpaired) electrons. The van der Waals surface area contributed by atoms with Gasteiger partial charge in [0, 0.05) is 10.7 Å². The highest BCUT2D eigenvalue weighted by Crippen LogP contribution is 2.38. The van der Waals surface area contributed by atoms with E-state index in [1.807, 2.05) is 0 Å². The standard InChI is InChI=1S/C14H9Cl2F3N2O2S/c15-8-5-10(16)12(22)11(6-8)21(24)13(23)20-9-3-1-7(2-4-9)14(17,18)19/h1-6,22,24H,(H,20,23). The van der Waals surface area contributed by atoms with Crippen molar-refractivity contribution in [2.45, 2.75) is 6.18 Å². The van der Waals surface area contributed by atoms with Crippen molar-refractivity contribution in [1.29, 1.82) is 0 Å². The van der Waals surface area contributed by atoms with E-state index in [1.54, 1.807) is 0 Å². The SMILES string of the molecule is O=C(Nc1ccc(C(F)(F)F)cc1)N(S)c1cc(Cl)cc(Cl)c1O. The number of amides is 2. The third-order valence-corrected chi connectivity index (χ3v) is 3.80. The van der Waals surface area contributed by atoms with Gasteiger partial charge in [0.15, 0.2) is 5.75 Å². The number of hydrogen-bond acceptors (Lipinski definition) is 3. The van der Waals surface area contributed by atoms with Crippen LogP contribution in [0.15, 0.2) is 36.4 Å². The van der Waals surface area contributed by atoms with Crippen LogP contribution in [0.2, 0.25) is 10.0 Å². The van der Waals surface area contributed by atoms with E-state index in [-0.39, 0.29) is 21.4 Å². The number of hydrogen-bond donors (Lipinski definition) is 3. The molecule has 0 aliphatic carbocycles. The van der Waals surface area contributed by atoms with Gasteiger partial charge in [-0.25, -0.2) is 9.10 Å². The highest BCUT2D eigenvalue weighted by atomic mass is 35.5. The molecule has 0 fully saturated rings. The van der Waals surface area contributed by atoms with Gasteiger partial charge in [-0.3, -0.25) is 0 Å². The first-order valence-electron chi connectivity index (χ1n) is 6.25. The topological polar surface area (TPSA) is 52.6 Å². The fourth-order valence-electron chi connectivity index (χ4n) is 1.74. The van der Waals surface area contributed by atoms with Gasteiger partial charge in [0.05, 0.1) is 10.6 Å². The second-order valence-corrected chi connectivity index (χ2v) is 5.82. The predicted octanol–water partition coefficient (Wildman–Crippen LogP) is 5.60. The van der Waals surface area contributed by atoms with Gasteiger partial charge >= 0.3 is 12.2 Å². The van der Waals surface area contributed by atoms with Crippen molar-refractivity contribution in [2.24, 2.45) is 0 Å². The molecule has 4 nitrogen and oxygen atoms in total. The Morgan fingerprint density at radius 1 is 1.17 bits per heavy atom. The van der Waals surface area contributed by atoms with Crippen molar-refractivity contribution in [3.63, 3.8) is 0 Å². The van der Waals surface area contributed by atoms with Crippen LogP contribution in [0.25, 0.3) is 0 Å². The average molecular weight is 397 g/mol. The van der Waals surface area contributed by atoms with E-state index in [2.05, 4.69) is 18.1 Å². The zero-order chi connectivity index (χ0) is 18.1. The highest BCUT2D eigenvalue weighted by molar-refractivity contribution is 7.82.